The zero-order valence-corrected chi connectivity index (χ0v) is 24.0. The fourth-order valence-corrected chi connectivity index (χ4v) is 8.98. The zero-order chi connectivity index (χ0) is 30.8. The van der Waals surface area contributed by atoms with Crippen LogP contribution in [0, 0.1) is 41.1 Å². The highest BCUT2D eigenvalue weighted by atomic mass is 35.5. The van der Waals surface area contributed by atoms with E-state index in [4.69, 9.17) is 11.6 Å². The largest absolute Gasteiger partial charge is 0.393 e. The molecule has 0 radical (unpaired) electrons. The van der Waals surface area contributed by atoms with Gasteiger partial charge in [-0.25, -0.2) is 21.6 Å². The molecule has 5 N–H and O–H groups in total. The maximum atomic E-state index is 13.8. The summed E-state index contributed by atoms with van der Waals surface area (Å²) in [4.78, 5) is 25.0. The number of carbonyl (C=O) groups is 2. The highest BCUT2D eigenvalue weighted by Crippen LogP contribution is 2.54. The van der Waals surface area contributed by atoms with Crippen molar-refractivity contribution in [2.75, 3.05) is 18.5 Å². The van der Waals surface area contributed by atoms with Gasteiger partial charge in [0, 0.05) is 29.9 Å². The minimum Gasteiger partial charge on any atom is -0.393 e. The summed E-state index contributed by atoms with van der Waals surface area (Å²) in [6, 6.07) is 4.69. The van der Waals surface area contributed by atoms with Crippen molar-refractivity contribution in [1.29, 1.82) is 0 Å². The van der Waals surface area contributed by atoms with Gasteiger partial charge in [0.1, 0.15) is 5.60 Å². The number of aliphatic hydroxyl groups is 3. The maximum absolute atomic E-state index is 13.8. The molecule has 42 heavy (non-hydrogen) atoms. The van der Waals surface area contributed by atoms with Crippen LogP contribution in [0.4, 0.5) is 18.9 Å². The lowest BCUT2D eigenvalue weighted by Crippen LogP contribution is -2.55. The Labute approximate surface area is 245 Å². The summed E-state index contributed by atoms with van der Waals surface area (Å²) in [5.74, 6) is -7.91. The van der Waals surface area contributed by atoms with E-state index in [0.29, 0.717) is 18.6 Å². The molecule has 5 unspecified atom stereocenters. The molecule has 3 fully saturated rings. The molecule has 0 spiro atoms. The van der Waals surface area contributed by atoms with Crippen LogP contribution < -0.4 is 10.6 Å². The van der Waals surface area contributed by atoms with E-state index < -0.39 is 79.9 Å². The Balaban J connectivity index is 1.32. The molecule has 0 heterocycles. The number of benzene rings is 2. The van der Waals surface area contributed by atoms with Crippen LogP contribution in [0.3, 0.4) is 0 Å². The average Bonchev–Trinajstić information content (AvgIpc) is 3.61. The van der Waals surface area contributed by atoms with E-state index >= 15 is 0 Å². The molecule has 2 aromatic carbocycles. The van der Waals surface area contributed by atoms with Crippen LogP contribution >= 0.6 is 11.6 Å². The number of halogens is 4. The number of hydrogen-bond donors (Lipinski definition) is 5. The zero-order valence-electron chi connectivity index (χ0n) is 22.4. The molecule has 0 aromatic heterocycles. The Morgan fingerprint density at radius 3 is 2.33 bits per heavy atom. The Kier molecular flexibility index (Phi) is 7.89. The summed E-state index contributed by atoms with van der Waals surface area (Å²) in [6.45, 7) is 1.22. The number of aliphatic hydroxyl groups excluding tert-OH is 1. The van der Waals surface area contributed by atoms with Crippen LogP contribution in [-0.2, 0) is 14.6 Å². The average molecular weight is 631 g/mol. The normalized spacial score (nSPS) is 32.0. The van der Waals surface area contributed by atoms with E-state index in [2.05, 4.69) is 10.6 Å². The van der Waals surface area contributed by atoms with E-state index in [1.165, 1.54) is 12.1 Å². The number of rotatable bonds is 8. The van der Waals surface area contributed by atoms with Gasteiger partial charge in [-0.1, -0.05) is 18.5 Å². The Hall–Kier alpha value is -2.71. The molecular weight excluding hydrogens is 601 g/mol. The van der Waals surface area contributed by atoms with Crippen LogP contribution in [0.25, 0.3) is 0 Å². The van der Waals surface area contributed by atoms with Crippen molar-refractivity contribution >= 4 is 38.9 Å². The second-order valence-electron chi connectivity index (χ2n) is 11.7. The van der Waals surface area contributed by atoms with Gasteiger partial charge in [-0.2, -0.15) is 0 Å². The van der Waals surface area contributed by atoms with Gasteiger partial charge in [-0.3, -0.25) is 9.59 Å². The summed E-state index contributed by atoms with van der Waals surface area (Å²) >= 11 is 6.27. The van der Waals surface area contributed by atoms with E-state index in [1.807, 2.05) is 6.92 Å². The quantitative estimate of drug-likeness (QED) is 0.281. The number of amides is 2. The molecule has 3 aliphatic rings. The molecule has 7 atom stereocenters. The Bertz CT molecular complexity index is 1540. The van der Waals surface area contributed by atoms with Crippen LogP contribution in [0.5, 0.6) is 0 Å². The molecule has 3 aliphatic carbocycles. The fourth-order valence-electron chi connectivity index (χ4n) is 6.61. The fraction of sp³-hybridized carbons (Fsp3) is 0.500. The summed E-state index contributed by atoms with van der Waals surface area (Å²) in [5.41, 5.74) is -3.38. The van der Waals surface area contributed by atoms with Crippen LogP contribution in [0.2, 0.25) is 5.02 Å². The molecule has 3 saturated carbocycles. The van der Waals surface area contributed by atoms with Crippen molar-refractivity contribution in [3.63, 3.8) is 0 Å². The molecule has 0 aliphatic heterocycles. The van der Waals surface area contributed by atoms with Crippen molar-refractivity contribution in [2.24, 2.45) is 23.7 Å². The first kappa shape index (κ1) is 30.7. The number of carbonyl (C=O) groups excluding carboxylic acids is 2. The molecule has 0 saturated heterocycles. The van der Waals surface area contributed by atoms with Crippen LogP contribution in [-0.4, -0.2) is 65.2 Å². The van der Waals surface area contributed by atoms with Crippen molar-refractivity contribution in [1.82, 2.24) is 5.32 Å². The number of fused-ring (bicyclic) bond motifs is 2. The Morgan fingerprint density at radius 1 is 1.07 bits per heavy atom. The number of hydrogen-bond acceptors (Lipinski definition) is 7. The van der Waals surface area contributed by atoms with Crippen molar-refractivity contribution in [2.45, 2.75) is 54.0 Å². The van der Waals surface area contributed by atoms with E-state index in [1.54, 1.807) is 0 Å². The van der Waals surface area contributed by atoms with Gasteiger partial charge >= 0.3 is 0 Å². The smallest absolute Gasteiger partial charge is 0.255 e. The third-order valence-corrected chi connectivity index (χ3v) is 11.8. The predicted octanol–water partition coefficient (Wildman–Crippen LogP) is 2.81. The minimum absolute atomic E-state index is 0.0588. The summed E-state index contributed by atoms with van der Waals surface area (Å²) in [7, 11) is -4.13. The molecule has 228 valence electrons. The second-order valence-corrected chi connectivity index (χ2v) is 14.3. The van der Waals surface area contributed by atoms with Gasteiger partial charge in [0.2, 0.25) is 5.91 Å². The molecule has 2 amide bonds. The van der Waals surface area contributed by atoms with Crippen molar-refractivity contribution < 1.29 is 46.5 Å². The first-order valence-corrected chi connectivity index (χ1v) is 15.4. The standard InChI is InChI=1S/C28H30ClF3N2O7S/c1-13-4-15-6-17(9-18(13)28(15,39)11-33-26(37)19-10-27(19,38)12-35)42(40,41)23-5-14(2-3-20(23)29)25(36)34-16-7-21(30)24(32)22(31)8-16/h2-3,5,7-8,13,15,17-19,35,38-39H,4,6,9-12H2,1H3,(H,33,37)(H,34,36)/t13-,15?,17?,18?,19?,27?,28+/m0/s1. The van der Waals surface area contributed by atoms with Gasteiger partial charge < -0.3 is 26.0 Å². The summed E-state index contributed by atoms with van der Waals surface area (Å²) in [6.07, 6.45) is 0.776. The van der Waals surface area contributed by atoms with Gasteiger partial charge in [0.05, 0.1) is 33.3 Å². The molecule has 14 heteroatoms. The highest BCUT2D eigenvalue weighted by molar-refractivity contribution is 7.92. The molecule has 2 aromatic rings. The van der Waals surface area contributed by atoms with Gasteiger partial charge in [-0.15, -0.1) is 0 Å². The van der Waals surface area contributed by atoms with E-state index in [-0.39, 0.29) is 52.9 Å². The van der Waals surface area contributed by atoms with E-state index in [9.17, 15) is 46.5 Å². The first-order valence-electron chi connectivity index (χ1n) is 13.4. The Morgan fingerprint density at radius 2 is 1.74 bits per heavy atom. The summed E-state index contributed by atoms with van der Waals surface area (Å²) in [5, 5.41) is 34.7. The lowest BCUT2D eigenvalue weighted by molar-refractivity contribution is -0.127. The lowest BCUT2D eigenvalue weighted by atomic mass is 9.73. The summed E-state index contributed by atoms with van der Waals surface area (Å²) < 4.78 is 68.0. The maximum Gasteiger partial charge on any atom is 0.255 e. The molecular formula is C28H30ClF3N2O7S. The monoisotopic (exact) mass is 630 g/mol. The highest BCUT2D eigenvalue weighted by Gasteiger charge is 2.60. The predicted molar refractivity (Wildman–Crippen MR) is 145 cm³/mol. The SMILES string of the molecule is C[C@H]1CC2CC(S(=O)(=O)c3cc(C(=O)Nc4cc(F)c(F)c(F)c4)ccc3Cl)CC1[C@@]2(O)CNC(=O)C1CC1(O)CO. The molecule has 9 nitrogen and oxygen atoms in total. The third-order valence-electron chi connectivity index (χ3n) is 9.12. The molecule has 5 rings (SSSR count). The second kappa shape index (κ2) is 10.8. The third kappa shape index (κ3) is 5.30. The van der Waals surface area contributed by atoms with Gasteiger partial charge in [0.25, 0.3) is 5.91 Å². The van der Waals surface area contributed by atoms with Crippen LogP contribution in [0.1, 0.15) is 43.0 Å². The van der Waals surface area contributed by atoms with E-state index in [0.717, 1.165) is 6.07 Å². The van der Waals surface area contributed by atoms with Crippen molar-refractivity contribution in [3.8, 4) is 0 Å². The number of nitrogens with one attached hydrogen (secondary N) is 2. The van der Waals surface area contributed by atoms with Gasteiger partial charge in [0.15, 0.2) is 27.3 Å². The minimum atomic E-state index is -4.13. The number of anilines is 1. The number of sulfone groups is 1. The lowest BCUT2D eigenvalue weighted by Gasteiger charge is -2.43. The first-order chi connectivity index (χ1) is 19.6. The van der Waals surface area contributed by atoms with Gasteiger partial charge in [-0.05, 0) is 61.6 Å². The topological polar surface area (TPSA) is 153 Å². The van der Waals surface area contributed by atoms with Crippen LogP contribution in [0.15, 0.2) is 35.2 Å². The molecule has 2 bridgehead atoms. The van der Waals surface area contributed by atoms with Crippen molar-refractivity contribution in [3.05, 3.63) is 58.4 Å².